The van der Waals surface area contributed by atoms with Crippen molar-refractivity contribution in [3.05, 3.63) is 64.1 Å². The Morgan fingerprint density at radius 2 is 1.84 bits per heavy atom. The molecule has 0 saturated carbocycles. The van der Waals surface area contributed by atoms with Crippen LogP contribution in [0.2, 0.25) is 0 Å². The third-order valence-electron chi connectivity index (χ3n) is 4.52. The smallest absolute Gasteiger partial charge is 0.417 e. The second-order valence-corrected chi connectivity index (χ2v) is 8.64. The van der Waals surface area contributed by atoms with Gasteiger partial charge < -0.3 is 14.0 Å². The Hall–Kier alpha value is -2.70. The summed E-state index contributed by atoms with van der Waals surface area (Å²) in [6.45, 7) is 0.0327. The molecule has 3 rings (SSSR count). The molecule has 0 N–H and O–H groups in total. The zero-order chi connectivity index (χ0) is 22.6. The van der Waals surface area contributed by atoms with Crippen LogP contribution in [0, 0.1) is 0 Å². The Bertz CT molecular complexity index is 1110. The quantitative estimate of drug-likeness (QED) is 0.609. The number of carbonyl (C=O) groups excluding carboxylic acids is 1. The van der Waals surface area contributed by atoms with Crippen LogP contribution in [0.3, 0.4) is 0 Å². The van der Waals surface area contributed by atoms with Gasteiger partial charge in [-0.3, -0.25) is 9.59 Å². The van der Waals surface area contributed by atoms with Gasteiger partial charge in [0.25, 0.3) is 5.56 Å². The van der Waals surface area contributed by atoms with Gasteiger partial charge in [-0.25, -0.2) is 8.42 Å². The minimum Gasteiger partial charge on any atom is -0.459 e. The summed E-state index contributed by atoms with van der Waals surface area (Å²) in [5.41, 5.74) is -1.48. The Kier molecular flexibility index (Phi) is 6.82. The van der Waals surface area contributed by atoms with E-state index in [1.54, 1.807) is 6.07 Å². The van der Waals surface area contributed by atoms with Crippen LogP contribution in [-0.2, 0) is 43.6 Å². The van der Waals surface area contributed by atoms with Gasteiger partial charge in [0.1, 0.15) is 13.2 Å². The van der Waals surface area contributed by atoms with Gasteiger partial charge in [-0.2, -0.15) is 17.5 Å². The number of sulfonamides is 1. The lowest BCUT2D eigenvalue weighted by Crippen LogP contribution is -2.40. The number of aromatic nitrogens is 1. The van der Waals surface area contributed by atoms with Gasteiger partial charge in [0.15, 0.2) is 0 Å². The third kappa shape index (κ3) is 5.71. The number of esters is 1. The number of hydrogen-bond acceptors (Lipinski definition) is 6. The van der Waals surface area contributed by atoms with Crippen molar-refractivity contribution in [3.63, 3.8) is 0 Å². The van der Waals surface area contributed by atoms with Crippen molar-refractivity contribution >= 4 is 16.0 Å². The molecule has 0 amide bonds. The van der Waals surface area contributed by atoms with Crippen molar-refractivity contribution in [2.45, 2.75) is 24.2 Å². The van der Waals surface area contributed by atoms with Gasteiger partial charge in [0.2, 0.25) is 10.0 Å². The maximum atomic E-state index is 12.8. The molecule has 1 aromatic carbocycles. The molecule has 1 aromatic heterocycles. The van der Waals surface area contributed by atoms with E-state index >= 15 is 0 Å². The highest BCUT2D eigenvalue weighted by Crippen LogP contribution is 2.28. The first-order valence-corrected chi connectivity index (χ1v) is 10.6. The fourth-order valence-electron chi connectivity index (χ4n) is 2.90. The number of pyridine rings is 1. The van der Waals surface area contributed by atoms with Crippen LogP contribution in [0.5, 0.6) is 0 Å². The molecule has 1 saturated heterocycles. The predicted octanol–water partition coefficient (Wildman–Crippen LogP) is 1.63. The monoisotopic (exact) mass is 460 g/mol. The van der Waals surface area contributed by atoms with Crippen LogP contribution >= 0.6 is 0 Å². The van der Waals surface area contributed by atoms with Crippen LogP contribution in [0.25, 0.3) is 0 Å². The molecular formula is C19H19F3N2O6S. The van der Waals surface area contributed by atoms with E-state index in [-0.39, 0.29) is 24.6 Å². The van der Waals surface area contributed by atoms with Crippen LogP contribution in [-0.4, -0.2) is 49.6 Å². The highest BCUT2D eigenvalue weighted by Gasteiger charge is 2.31. The molecule has 2 heterocycles. The van der Waals surface area contributed by atoms with Crippen molar-refractivity contribution in [2.24, 2.45) is 0 Å². The van der Waals surface area contributed by atoms with E-state index in [2.05, 4.69) is 0 Å². The maximum absolute atomic E-state index is 12.8. The second kappa shape index (κ2) is 9.20. The first-order chi connectivity index (χ1) is 14.6. The lowest BCUT2D eigenvalue weighted by Gasteiger charge is -2.26. The maximum Gasteiger partial charge on any atom is 0.417 e. The summed E-state index contributed by atoms with van der Waals surface area (Å²) in [5.74, 6) is -0.942. The molecule has 0 spiro atoms. The number of ether oxygens (including phenoxy) is 2. The molecule has 31 heavy (non-hydrogen) atoms. The van der Waals surface area contributed by atoms with Crippen LogP contribution in [0.15, 0.2) is 52.3 Å². The third-order valence-corrected chi connectivity index (χ3v) is 6.41. The van der Waals surface area contributed by atoms with Gasteiger partial charge >= 0.3 is 12.1 Å². The van der Waals surface area contributed by atoms with Crippen molar-refractivity contribution < 1.29 is 35.9 Å². The van der Waals surface area contributed by atoms with Crippen LogP contribution < -0.4 is 5.56 Å². The number of halogens is 3. The van der Waals surface area contributed by atoms with Gasteiger partial charge in [-0.1, -0.05) is 12.1 Å². The number of benzene rings is 1. The Balaban J connectivity index is 1.66. The van der Waals surface area contributed by atoms with E-state index in [9.17, 15) is 31.2 Å². The number of nitrogens with zero attached hydrogens (tertiary/aromatic N) is 2. The summed E-state index contributed by atoms with van der Waals surface area (Å²) in [4.78, 5) is 23.8. The number of rotatable bonds is 6. The van der Waals surface area contributed by atoms with E-state index in [4.69, 9.17) is 9.47 Å². The van der Waals surface area contributed by atoms with E-state index < -0.39 is 39.8 Å². The first-order valence-electron chi connectivity index (χ1n) is 9.17. The van der Waals surface area contributed by atoms with Gasteiger partial charge in [-0.15, -0.1) is 0 Å². The minimum absolute atomic E-state index is 0.0250. The number of morpholine rings is 1. The highest BCUT2D eigenvalue weighted by atomic mass is 32.2. The molecular weight excluding hydrogens is 441 g/mol. The molecule has 2 aromatic rings. The molecule has 0 radical (unpaired) electrons. The summed E-state index contributed by atoms with van der Waals surface area (Å²) >= 11 is 0. The molecule has 0 aliphatic carbocycles. The molecule has 168 valence electrons. The van der Waals surface area contributed by atoms with E-state index in [1.165, 1.54) is 22.5 Å². The normalized spacial score (nSPS) is 15.6. The van der Waals surface area contributed by atoms with Crippen LogP contribution in [0.4, 0.5) is 13.2 Å². The zero-order valence-corrected chi connectivity index (χ0v) is 17.0. The molecule has 1 aliphatic rings. The van der Waals surface area contributed by atoms with Crippen LogP contribution in [0.1, 0.15) is 11.1 Å². The molecule has 1 aliphatic heterocycles. The lowest BCUT2D eigenvalue weighted by molar-refractivity contribution is -0.146. The Morgan fingerprint density at radius 1 is 1.13 bits per heavy atom. The molecule has 12 heteroatoms. The molecule has 0 unspecified atom stereocenters. The van der Waals surface area contributed by atoms with E-state index in [0.717, 1.165) is 6.07 Å². The fraction of sp³-hybridized carbons (Fsp3) is 0.368. The van der Waals surface area contributed by atoms with Crippen molar-refractivity contribution in [2.75, 3.05) is 26.3 Å². The summed E-state index contributed by atoms with van der Waals surface area (Å²) < 4.78 is 75.8. The summed E-state index contributed by atoms with van der Waals surface area (Å²) in [7, 11) is -3.74. The highest BCUT2D eigenvalue weighted by molar-refractivity contribution is 7.89. The molecule has 0 atom stereocenters. The van der Waals surface area contributed by atoms with Gasteiger partial charge in [-0.05, 0) is 23.8 Å². The first kappa shape index (κ1) is 23.0. The average molecular weight is 460 g/mol. The summed E-state index contributed by atoms with van der Waals surface area (Å²) in [5, 5.41) is 0. The summed E-state index contributed by atoms with van der Waals surface area (Å²) in [6, 6.07) is 7.16. The Labute approximate surface area is 175 Å². The fourth-order valence-corrected chi connectivity index (χ4v) is 4.38. The van der Waals surface area contributed by atoms with Crippen molar-refractivity contribution in [1.29, 1.82) is 0 Å². The molecule has 0 bridgehead atoms. The van der Waals surface area contributed by atoms with E-state index in [1.807, 2.05) is 0 Å². The molecule has 8 nitrogen and oxygen atoms in total. The lowest BCUT2D eigenvalue weighted by atomic mass is 10.2. The number of carbonyl (C=O) groups is 1. The van der Waals surface area contributed by atoms with Crippen molar-refractivity contribution in [3.8, 4) is 0 Å². The zero-order valence-electron chi connectivity index (χ0n) is 16.2. The topological polar surface area (TPSA) is 94.9 Å². The summed E-state index contributed by atoms with van der Waals surface area (Å²) in [6.07, 6.45) is -4.12. The minimum atomic E-state index is -4.66. The van der Waals surface area contributed by atoms with E-state index in [0.29, 0.717) is 35.6 Å². The average Bonchev–Trinajstić information content (AvgIpc) is 2.74. The van der Waals surface area contributed by atoms with Gasteiger partial charge in [0.05, 0.1) is 23.7 Å². The van der Waals surface area contributed by atoms with Crippen molar-refractivity contribution in [1.82, 2.24) is 8.87 Å². The number of alkyl halides is 3. The standard InChI is InChI=1S/C19H19F3N2O6S/c20-19(21,22)15-4-5-17(25)23(11-15)12-18(26)30-13-14-2-1-3-16(10-14)31(27,28)24-6-8-29-9-7-24/h1-5,10-11H,6-9,12-13H2. The number of hydrogen-bond donors (Lipinski definition) is 0. The SMILES string of the molecule is O=C(Cn1cc(C(F)(F)F)ccc1=O)OCc1cccc(S(=O)(=O)N2CCOCC2)c1. The van der Waals surface area contributed by atoms with Gasteiger partial charge in [0, 0.05) is 25.4 Å². The largest absolute Gasteiger partial charge is 0.459 e. The Morgan fingerprint density at radius 3 is 2.52 bits per heavy atom. The predicted molar refractivity (Wildman–Crippen MR) is 102 cm³/mol. The second-order valence-electron chi connectivity index (χ2n) is 6.71. The molecule has 1 fully saturated rings.